The zero-order valence-corrected chi connectivity index (χ0v) is 11.4. The van der Waals surface area contributed by atoms with Crippen LogP contribution in [0.5, 0.6) is 0 Å². The van der Waals surface area contributed by atoms with Crippen LogP contribution in [0.15, 0.2) is 24.3 Å². The van der Waals surface area contributed by atoms with Crippen molar-refractivity contribution in [1.29, 1.82) is 0 Å². The van der Waals surface area contributed by atoms with E-state index in [1.54, 1.807) is 4.90 Å². The van der Waals surface area contributed by atoms with Gasteiger partial charge in [-0.2, -0.15) is 0 Å². The minimum Gasteiger partial charge on any atom is -0.368 e. The monoisotopic (exact) mass is 260 g/mol. The van der Waals surface area contributed by atoms with Gasteiger partial charge in [-0.3, -0.25) is 9.59 Å². The molecule has 1 atom stereocenters. The van der Waals surface area contributed by atoms with Crippen molar-refractivity contribution in [2.45, 2.75) is 39.3 Å². The number of primary amides is 1. The molecule has 2 amide bonds. The van der Waals surface area contributed by atoms with Crippen LogP contribution >= 0.6 is 0 Å². The zero-order valence-electron chi connectivity index (χ0n) is 11.4. The summed E-state index contributed by atoms with van der Waals surface area (Å²) in [5, 5.41) is 0. The number of hydrogen-bond donors (Lipinski definition) is 1. The number of rotatable bonds is 3. The van der Waals surface area contributed by atoms with Gasteiger partial charge in [0.1, 0.15) is 6.04 Å². The molecule has 0 spiro atoms. The summed E-state index contributed by atoms with van der Waals surface area (Å²) in [6.07, 6.45) is 0.974. The average Bonchev–Trinajstić information content (AvgIpc) is 2.36. The van der Waals surface area contributed by atoms with Gasteiger partial charge in [-0.1, -0.05) is 38.1 Å². The first kappa shape index (κ1) is 13.6. The van der Waals surface area contributed by atoms with E-state index in [4.69, 9.17) is 5.73 Å². The minimum atomic E-state index is -0.513. The summed E-state index contributed by atoms with van der Waals surface area (Å²) < 4.78 is 0. The van der Waals surface area contributed by atoms with E-state index in [0.29, 0.717) is 19.4 Å². The maximum absolute atomic E-state index is 12.3. The second kappa shape index (κ2) is 5.43. The largest absolute Gasteiger partial charge is 0.368 e. The summed E-state index contributed by atoms with van der Waals surface area (Å²) in [5.41, 5.74) is 7.67. The molecule has 2 N–H and O–H groups in total. The van der Waals surface area contributed by atoms with E-state index in [1.165, 1.54) is 0 Å². The van der Waals surface area contributed by atoms with Crippen LogP contribution in [0.2, 0.25) is 0 Å². The minimum absolute atomic E-state index is 0.00769. The van der Waals surface area contributed by atoms with Crippen LogP contribution in [-0.2, 0) is 22.6 Å². The number of amides is 2. The number of carbonyl (C=O) groups excluding carboxylic acids is 2. The molecule has 0 bridgehead atoms. The van der Waals surface area contributed by atoms with Crippen molar-refractivity contribution in [3.05, 3.63) is 35.4 Å². The molecule has 102 valence electrons. The summed E-state index contributed by atoms with van der Waals surface area (Å²) in [6.45, 7) is 4.47. The van der Waals surface area contributed by atoms with Crippen LogP contribution in [-0.4, -0.2) is 22.8 Å². The molecule has 0 saturated heterocycles. The molecule has 0 radical (unpaired) electrons. The third-order valence-electron chi connectivity index (χ3n) is 3.48. The van der Waals surface area contributed by atoms with E-state index >= 15 is 0 Å². The summed E-state index contributed by atoms with van der Waals surface area (Å²) in [5.74, 6) is -0.141. The van der Waals surface area contributed by atoms with Crippen molar-refractivity contribution in [1.82, 2.24) is 4.90 Å². The third-order valence-corrected chi connectivity index (χ3v) is 3.48. The lowest BCUT2D eigenvalue weighted by Crippen LogP contribution is -2.51. The van der Waals surface area contributed by atoms with Crippen LogP contribution in [0.3, 0.4) is 0 Å². The first-order valence-corrected chi connectivity index (χ1v) is 6.64. The van der Waals surface area contributed by atoms with Crippen LogP contribution in [0.4, 0.5) is 0 Å². The molecule has 1 aromatic carbocycles. The lowest BCUT2D eigenvalue weighted by molar-refractivity contribution is -0.141. The van der Waals surface area contributed by atoms with E-state index in [1.807, 2.05) is 38.1 Å². The van der Waals surface area contributed by atoms with E-state index in [2.05, 4.69) is 0 Å². The Kier molecular flexibility index (Phi) is 3.88. The standard InChI is InChI=1S/C15H20N2O2/c1-10(2)7-14(18)17-9-12-6-4-3-5-11(12)8-13(17)15(16)19/h3-6,10,13H,7-9H2,1-2H3,(H2,16,19)/t13-/m1/s1. The lowest BCUT2D eigenvalue weighted by atomic mass is 9.93. The Bertz CT molecular complexity index is 497. The molecule has 2 rings (SSSR count). The van der Waals surface area contributed by atoms with Crippen LogP contribution in [0.1, 0.15) is 31.4 Å². The van der Waals surface area contributed by atoms with Gasteiger partial charge in [-0.05, 0) is 17.0 Å². The molecule has 0 saturated carbocycles. The fourth-order valence-electron chi connectivity index (χ4n) is 2.51. The van der Waals surface area contributed by atoms with Crippen molar-refractivity contribution in [2.24, 2.45) is 11.7 Å². The van der Waals surface area contributed by atoms with Gasteiger partial charge in [0.15, 0.2) is 0 Å². The number of benzene rings is 1. The highest BCUT2D eigenvalue weighted by atomic mass is 16.2. The van der Waals surface area contributed by atoms with Crippen LogP contribution < -0.4 is 5.73 Å². The van der Waals surface area contributed by atoms with E-state index in [0.717, 1.165) is 11.1 Å². The molecule has 4 nitrogen and oxygen atoms in total. The van der Waals surface area contributed by atoms with Crippen molar-refractivity contribution in [2.75, 3.05) is 0 Å². The van der Waals surface area contributed by atoms with Gasteiger partial charge in [0.2, 0.25) is 11.8 Å². The van der Waals surface area contributed by atoms with Gasteiger partial charge in [0, 0.05) is 19.4 Å². The van der Waals surface area contributed by atoms with Crippen molar-refractivity contribution in [3.63, 3.8) is 0 Å². The molecule has 19 heavy (non-hydrogen) atoms. The van der Waals surface area contributed by atoms with Gasteiger partial charge in [0.25, 0.3) is 0 Å². The Balaban J connectivity index is 2.26. The highest BCUT2D eigenvalue weighted by Gasteiger charge is 2.33. The summed E-state index contributed by atoms with van der Waals surface area (Å²) >= 11 is 0. The molecule has 1 aliphatic heterocycles. The SMILES string of the molecule is CC(C)CC(=O)N1Cc2ccccc2C[C@@H]1C(N)=O. The average molecular weight is 260 g/mol. The normalized spacial score (nSPS) is 18.3. The predicted molar refractivity (Wildman–Crippen MR) is 73.1 cm³/mol. The first-order valence-electron chi connectivity index (χ1n) is 6.64. The molecule has 1 aromatic rings. The topological polar surface area (TPSA) is 63.4 Å². The van der Waals surface area contributed by atoms with Gasteiger partial charge in [0.05, 0.1) is 0 Å². The van der Waals surface area contributed by atoms with E-state index in [9.17, 15) is 9.59 Å². The van der Waals surface area contributed by atoms with E-state index in [-0.39, 0.29) is 11.8 Å². The number of nitrogens with two attached hydrogens (primary N) is 1. The van der Waals surface area contributed by atoms with Gasteiger partial charge in [-0.15, -0.1) is 0 Å². The molecular formula is C15H20N2O2. The number of hydrogen-bond acceptors (Lipinski definition) is 2. The molecule has 0 aromatic heterocycles. The van der Waals surface area contributed by atoms with Gasteiger partial charge in [-0.25, -0.2) is 0 Å². The van der Waals surface area contributed by atoms with Gasteiger partial charge < -0.3 is 10.6 Å². The molecule has 0 unspecified atom stereocenters. The Hall–Kier alpha value is -1.84. The Labute approximate surface area is 113 Å². The quantitative estimate of drug-likeness (QED) is 0.894. The van der Waals surface area contributed by atoms with Crippen molar-refractivity contribution < 1.29 is 9.59 Å². The van der Waals surface area contributed by atoms with Gasteiger partial charge >= 0.3 is 0 Å². The van der Waals surface area contributed by atoms with E-state index < -0.39 is 11.9 Å². The summed E-state index contributed by atoms with van der Waals surface area (Å²) in [7, 11) is 0. The zero-order chi connectivity index (χ0) is 14.0. The smallest absolute Gasteiger partial charge is 0.240 e. The molecule has 4 heteroatoms. The number of fused-ring (bicyclic) bond motifs is 1. The van der Waals surface area contributed by atoms with Crippen LogP contribution in [0, 0.1) is 5.92 Å². The fraction of sp³-hybridized carbons (Fsp3) is 0.467. The third kappa shape index (κ3) is 2.95. The first-order chi connectivity index (χ1) is 8.99. The Morgan fingerprint density at radius 3 is 2.53 bits per heavy atom. The molecule has 0 aliphatic carbocycles. The van der Waals surface area contributed by atoms with Crippen molar-refractivity contribution in [3.8, 4) is 0 Å². The maximum Gasteiger partial charge on any atom is 0.240 e. The summed E-state index contributed by atoms with van der Waals surface area (Å²) in [4.78, 5) is 25.5. The Morgan fingerprint density at radius 1 is 1.32 bits per heavy atom. The van der Waals surface area contributed by atoms with Crippen LogP contribution in [0.25, 0.3) is 0 Å². The number of carbonyl (C=O) groups is 2. The second-order valence-corrected chi connectivity index (χ2v) is 5.51. The Morgan fingerprint density at radius 2 is 1.95 bits per heavy atom. The lowest BCUT2D eigenvalue weighted by Gasteiger charge is -2.35. The number of nitrogens with zero attached hydrogens (tertiary/aromatic N) is 1. The van der Waals surface area contributed by atoms with Crippen molar-refractivity contribution >= 4 is 11.8 Å². The molecule has 0 fully saturated rings. The predicted octanol–water partition coefficient (Wildman–Crippen LogP) is 1.47. The maximum atomic E-state index is 12.3. The molecule has 1 aliphatic rings. The molecular weight excluding hydrogens is 240 g/mol. The highest BCUT2D eigenvalue weighted by Crippen LogP contribution is 2.24. The summed E-state index contributed by atoms with van der Waals surface area (Å²) in [6, 6.07) is 7.38. The second-order valence-electron chi connectivity index (χ2n) is 5.51. The fourth-order valence-corrected chi connectivity index (χ4v) is 2.51. The molecule has 1 heterocycles. The highest BCUT2D eigenvalue weighted by molar-refractivity contribution is 5.87.